The van der Waals surface area contributed by atoms with Crippen LogP contribution in [0.3, 0.4) is 0 Å². The second-order valence-electron chi connectivity index (χ2n) is 4.18. The molecule has 0 bridgehead atoms. The molecule has 0 aliphatic carbocycles. The number of hydrogen-bond donors (Lipinski definition) is 2. The van der Waals surface area contributed by atoms with Gasteiger partial charge in [-0.3, -0.25) is 14.1 Å². The normalized spacial score (nSPS) is 19.2. The van der Waals surface area contributed by atoms with Crippen molar-refractivity contribution in [3.8, 4) is 0 Å². The van der Waals surface area contributed by atoms with Crippen LogP contribution in [0.15, 0.2) is 30.3 Å². The first kappa shape index (κ1) is 18.6. The van der Waals surface area contributed by atoms with Gasteiger partial charge in [-0.2, -0.15) is 8.42 Å². The molecule has 10 heteroatoms. The number of amides is 2. The summed E-state index contributed by atoms with van der Waals surface area (Å²) in [7, 11) is -4.54. The second kappa shape index (κ2) is 7.21. The number of β-lactam (4-membered cyclic amide) rings is 1. The monoisotopic (exact) mass is 386 g/mol. The third-order valence-electron chi connectivity index (χ3n) is 2.81. The van der Waals surface area contributed by atoms with Gasteiger partial charge in [0.15, 0.2) is 0 Å². The van der Waals surface area contributed by atoms with Crippen molar-refractivity contribution in [3.63, 3.8) is 0 Å². The Kier molecular flexibility index (Phi) is 6.38. The molecule has 0 aromatic heterocycles. The molecule has 1 fully saturated rings. The number of nitrogens with zero attached hydrogens (tertiary/aromatic N) is 1. The fourth-order valence-corrected chi connectivity index (χ4v) is 2.86. The van der Waals surface area contributed by atoms with E-state index in [4.69, 9.17) is 4.55 Å². The van der Waals surface area contributed by atoms with E-state index < -0.39 is 33.0 Å². The number of carbonyl (C=O) groups is 2. The molecule has 0 spiro atoms. The Morgan fingerprint density at radius 1 is 1.43 bits per heavy atom. The van der Waals surface area contributed by atoms with E-state index in [0.717, 1.165) is 0 Å². The van der Waals surface area contributed by atoms with Crippen LogP contribution in [0.5, 0.6) is 0 Å². The third-order valence-corrected chi connectivity index (χ3v) is 4.64. The third kappa shape index (κ3) is 4.27. The van der Waals surface area contributed by atoms with Crippen LogP contribution >= 0.6 is 15.9 Å². The van der Waals surface area contributed by atoms with E-state index in [1.165, 1.54) is 0 Å². The smallest absolute Gasteiger partial charge is 1.00 e. The Hall–Kier alpha value is -0.450. The predicted molar refractivity (Wildman–Crippen MR) is 74.4 cm³/mol. The van der Waals surface area contributed by atoms with Crippen LogP contribution in [-0.2, 0) is 19.9 Å². The molecule has 1 aromatic carbocycles. The molecule has 1 heterocycles. The summed E-state index contributed by atoms with van der Waals surface area (Å²) in [5.41, 5.74) is 0.711. The number of rotatable bonds is 4. The zero-order valence-electron chi connectivity index (χ0n) is 12.1. The van der Waals surface area contributed by atoms with E-state index in [9.17, 15) is 18.0 Å². The average molecular weight is 387 g/mol. The zero-order valence-corrected chi connectivity index (χ0v) is 15.5. The molecule has 1 saturated heterocycles. The molecule has 1 aliphatic heterocycles. The SMILES string of the molecule is O=C(NC1CN(S(=O)(=O)O)C1=O)C(Br)c1ccccc1.[H-].[Na+]. The maximum atomic E-state index is 11.9. The molecule has 7 nitrogen and oxygen atoms in total. The van der Waals surface area contributed by atoms with E-state index in [1.54, 1.807) is 30.3 Å². The van der Waals surface area contributed by atoms with Gasteiger partial charge < -0.3 is 6.74 Å². The van der Waals surface area contributed by atoms with Crippen LogP contribution in [0.2, 0.25) is 0 Å². The number of halogens is 1. The molecule has 110 valence electrons. The standard InChI is InChI=1S/C11H11BrN2O5S.Na.H/c12-9(7-4-2-1-3-5-7)10(15)13-8-6-14(11(8)16)20(17,18)19;;/h1-5,8-9H,6H2,(H,13,15)(H,17,18,19);;/q;+1;-1. The van der Waals surface area contributed by atoms with E-state index in [0.29, 0.717) is 9.87 Å². The summed E-state index contributed by atoms with van der Waals surface area (Å²) in [5, 5.41) is 2.41. The zero-order chi connectivity index (χ0) is 14.9. The van der Waals surface area contributed by atoms with Gasteiger partial charge in [0.25, 0.3) is 5.91 Å². The van der Waals surface area contributed by atoms with Gasteiger partial charge in [0.05, 0.1) is 6.54 Å². The van der Waals surface area contributed by atoms with Crippen molar-refractivity contribution in [2.75, 3.05) is 6.54 Å². The van der Waals surface area contributed by atoms with Crippen LogP contribution < -0.4 is 34.9 Å². The van der Waals surface area contributed by atoms with E-state index >= 15 is 0 Å². The minimum Gasteiger partial charge on any atom is -1.00 e. The Balaban J connectivity index is 0.00000220. The van der Waals surface area contributed by atoms with Crippen molar-refractivity contribution in [3.05, 3.63) is 35.9 Å². The molecule has 0 saturated carbocycles. The maximum absolute atomic E-state index is 11.9. The van der Waals surface area contributed by atoms with Gasteiger partial charge in [-0.1, -0.05) is 46.3 Å². The van der Waals surface area contributed by atoms with E-state index in [2.05, 4.69) is 21.2 Å². The van der Waals surface area contributed by atoms with Crippen LogP contribution in [-0.4, -0.2) is 41.7 Å². The predicted octanol–water partition coefficient (Wildman–Crippen LogP) is -2.63. The van der Waals surface area contributed by atoms with Crippen molar-refractivity contribution in [1.29, 1.82) is 0 Å². The second-order valence-corrected chi connectivity index (χ2v) is 6.43. The molecule has 1 aromatic rings. The average Bonchev–Trinajstić information content (AvgIpc) is 2.41. The Bertz CT molecular complexity index is 645. The summed E-state index contributed by atoms with van der Waals surface area (Å²) in [6.45, 7) is -0.266. The minimum absolute atomic E-state index is 0. The molecule has 2 rings (SSSR count). The minimum atomic E-state index is -4.54. The van der Waals surface area contributed by atoms with Crippen molar-refractivity contribution >= 4 is 38.0 Å². The number of hydrogen-bond acceptors (Lipinski definition) is 4. The Morgan fingerprint density at radius 3 is 2.48 bits per heavy atom. The maximum Gasteiger partial charge on any atom is 1.00 e. The van der Waals surface area contributed by atoms with E-state index in [1.807, 2.05) is 0 Å². The summed E-state index contributed by atoms with van der Waals surface area (Å²) in [6, 6.07) is 7.89. The number of benzene rings is 1. The van der Waals surface area contributed by atoms with Crippen molar-refractivity contribution in [1.82, 2.24) is 9.62 Å². The number of nitrogens with one attached hydrogen (secondary N) is 1. The number of alkyl halides is 1. The fraction of sp³-hybridized carbons (Fsp3) is 0.273. The van der Waals surface area contributed by atoms with Gasteiger partial charge in [-0.05, 0) is 5.56 Å². The summed E-state index contributed by atoms with van der Waals surface area (Å²) in [6.07, 6.45) is 0. The topological polar surface area (TPSA) is 104 Å². The van der Waals surface area contributed by atoms with Crippen LogP contribution in [0.25, 0.3) is 0 Å². The largest absolute Gasteiger partial charge is 1.00 e. The Morgan fingerprint density at radius 2 is 2.00 bits per heavy atom. The van der Waals surface area contributed by atoms with E-state index in [-0.39, 0.29) is 37.5 Å². The first-order chi connectivity index (χ1) is 9.30. The number of carbonyl (C=O) groups excluding carboxylic acids is 2. The molecule has 2 atom stereocenters. The van der Waals surface area contributed by atoms with Crippen molar-refractivity contribution in [2.45, 2.75) is 10.9 Å². The van der Waals surface area contributed by atoms with Crippen LogP contribution in [0, 0.1) is 0 Å². The molecular weight excluding hydrogens is 375 g/mol. The first-order valence-electron chi connectivity index (χ1n) is 5.59. The fourth-order valence-electron chi connectivity index (χ4n) is 1.73. The molecule has 0 radical (unpaired) electrons. The van der Waals surface area contributed by atoms with Crippen molar-refractivity contribution in [2.24, 2.45) is 0 Å². The molecule has 2 amide bonds. The summed E-state index contributed by atoms with van der Waals surface area (Å²) in [5.74, 6) is -1.31. The first-order valence-corrected chi connectivity index (χ1v) is 7.90. The van der Waals surface area contributed by atoms with Gasteiger partial charge in [0.1, 0.15) is 10.9 Å². The van der Waals surface area contributed by atoms with Crippen molar-refractivity contribution < 1.29 is 53.5 Å². The van der Waals surface area contributed by atoms with Gasteiger partial charge in [-0.15, -0.1) is 0 Å². The molecule has 1 aliphatic rings. The molecule has 21 heavy (non-hydrogen) atoms. The summed E-state index contributed by atoms with van der Waals surface area (Å²) >= 11 is 3.20. The molecular formula is C11H12BrN2NaO5S. The quantitative estimate of drug-likeness (QED) is 0.255. The summed E-state index contributed by atoms with van der Waals surface area (Å²) < 4.78 is 30.5. The van der Waals surface area contributed by atoms with Gasteiger partial charge >= 0.3 is 39.9 Å². The summed E-state index contributed by atoms with van der Waals surface area (Å²) in [4.78, 5) is 22.7. The van der Waals surface area contributed by atoms with Gasteiger partial charge in [-0.25, -0.2) is 4.31 Å². The van der Waals surface area contributed by atoms with Gasteiger partial charge in [0, 0.05) is 0 Å². The van der Waals surface area contributed by atoms with Crippen LogP contribution in [0.4, 0.5) is 0 Å². The molecule has 2 N–H and O–H groups in total. The molecule has 2 unspecified atom stereocenters. The van der Waals surface area contributed by atoms with Crippen LogP contribution in [0.1, 0.15) is 11.8 Å². The van der Waals surface area contributed by atoms with Gasteiger partial charge in [0.2, 0.25) is 5.91 Å². The Labute approximate surface area is 153 Å².